The number of amides is 2. The Balaban J connectivity index is 1.31. The molecule has 2 atom stereocenters. The topological polar surface area (TPSA) is 78.9 Å². The average Bonchev–Trinajstić information content (AvgIpc) is 3.13. The van der Waals surface area contributed by atoms with Crippen LogP contribution >= 0.6 is 0 Å². The Labute approximate surface area is 173 Å². The summed E-state index contributed by atoms with van der Waals surface area (Å²) in [5.74, 6) is 0.240. The monoisotopic (exact) mass is 402 g/mol. The van der Waals surface area contributed by atoms with E-state index in [2.05, 4.69) is 17.4 Å². The first-order chi connectivity index (χ1) is 14.1. The maximum absolute atomic E-state index is 12.7. The third kappa shape index (κ3) is 6.28. The molecule has 1 aromatic carbocycles. The molecule has 1 aromatic rings. The third-order valence-corrected chi connectivity index (χ3v) is 6.26. The van der Waals surface area contributed by atoms with Crippen LogP contribution in [0.15, 0.2) is 30.3 Å². The van der Waals surface area contributed by atoms with Crippen molar-refractivity contribution >= 4 is 11.8 Å². The summed E-state index contributed by atoms with van der Waals surface area (Å²) in [6.45, 7) is 0.827. The van der Waals surface area contributed by atoms with Gasteiger partial charge < -0.3 is 20.1 Å². The summed E-state index contributed by atoms with van der Waals surface area (Å²) in [5.41, 5.74) is 1.32. The minimum Gasteiger partial charge on any atom is -0.388 e. The molecule has 0 bridgehead atoms. The van der Waals surface area contributed by atoms with Crippen LogP contribution in [-0.2, 0) is 20.7 Å². The lowest BCUT2D eigenvalue weighted by molar-refractivity contribution is -0.136. The standard InChI is InChI=1S/C23H34N2O4/c1-29-21-16-25(15-20(21)26)23(28)18-11-13-19(14-12-18)24-22(27)10-6-5-9-17-7-3-2-4-8-17/h2-4,7-8,18-21,26H,5-6,9-16H2,1H3,(H,24,27)/t18?,19?,20-,21-/m0/s1. The largest absolute Gasteiger partial charge is 0.388 e. The Morgan fingerprint density at radius 1 is 1.10 bits per heavy atom. The van der Waals surface area contributed by atoms with Crippen molar-refractivity contribution in [2.45, 2.75) is 69.6 Å². The summed E-state index contributed by atoms with van der Waals surface area (Å²) in [6, 6.07) is 10.5. The molecule has 0 unspecified atom stereocenters. The number of likely N-dealkylation sites (tertiary alicyclic amines) is 1. The van der Waals surface area contributed by atoms with Crippen LogP contribution in [0.5, 0.6) is 0 Å². The lowest BCUT2D eigenvalue weighted by Crippen LogP contribution is -2.42. The number of ether oxygens (including phenoxy) is 1. The number of carbonyl (C=O) groups is 2. The highest BCUT2D eigenvalue weighted by atomic mass is 16.5. The fraction of sp³-hybridized carbons (Fsp3) is 0.652. The number of hydrogen-bond acceptors (Lipinski definition) is 4. The van der Waals surface area contributed by atoms with Crippen molar-refractivity contribution in [1.82, 2.24) is 10.2 Å². The van der Waals surface area contributed by atoms with Gasteiger partial charge in [0.05, 0.1) is 6.10 Å². The third-order valence-electron chi connectivity index (χ3n) is 6.26. The van der Waals surface area contributed by atoms with E-state index in [1.165, 1.54) is 5.56 Å². The highest BCUT2D eigenvalue weighted by Crippen LogP contribution is 2.28. The zero-order valence-corrected chi connectivity index (χ0v) is 17.4. The molecule has 0 spiro atoms. The van der Waals surface area contributed by atoms with E-state index in [0.717, 1.165) is 44.9 Å². The van der Waals surface area contributed by atoms with Gasteiger partial charge in [0, 0.05) is 38.6 Å². The van der Waals surface area contributed by atoms with E-state index in [-0.39, 0.29) is 29.9 Å². The van der Waals surface area contributed by atoms with Gasteiger partial charge in [-0.15, -0.1) is 0 Å². The number of aliphatic hydroxyl groups is 1. The summed E-state index contributed by atoms with van der Waals surface area (Å²) >= 11 is 0. The molecule has 3 rings (SSSR count). The highest BCUT2D eigenvalue weighted by Gasteiger charge is 2.37. The highest BCUT2D eigenvalue weighted by molar-refractivity contribution is 5.79. The molecule has 1 saturated carbocycles. The molecule has 2 N–H and O–H groups in total. The first kappa shape index (κ1) is 21.8. The summed E-state index contributed by atoms with van der Waals surface area (Å²) in [7, 11) is 1.57. The van der Waals surface area contributed by atoms with Crippen LogP contribution in [0.4, 0.5) is 0 Å². The Bertz CT molecular complexity index is 658. The molecule has 2 fully saturated rings. The number of methoxy groups -OCH3 is 1. The Morgan fingerprint density at radius 2 is 1.83 bits per heavy atom. The number of β-amino-alcohol motifs (C(OH)–C–C–N with tert-alkyl or cyclic N) is 1. The van der Waals surface area contributed by atoms with Gasteiger partial charge in [-0.25, -0.2) is 0 Å². The predicted octanol–water partition coefficient (Wildman–Crippen LogP) is 2.29. The smallest absolute Gasteiger partial charge is 0.225 e. The number of nitrogens with one attached hydrogen (secondary N) is 1. The van der Waals surface area contributed by atoms with E-state index in [0.29, 0.717) is 19.5 Å². The number of aliphatic hydroxyl groups excluding tert-OH is 1. The number of unbranched alkanes of at least 4 members (excludes halogenated alkanes) is 1. The second kappa shape index (κ2) is 10.7. The number of aryl methyl sites for hydroxylation is 1. The second-order valence-corrected chi connectivity index (χ2v) is 8.39. The molecule has 2 amide bonds. The predicted molar refractivity (Wildman–Crippen MR) is 111 cm³/mol. The van der Waals surface area contributed by atoms with Crippen molar-refractivity contribution in [1.29, 1.82) is 0 Å². The number of carbonyl (C=O) groups excluding carboxylic acids is 2. The van der Waals surface area contributed by atoms with Crippen LogP contribution in [0.3, 0.4) is 0 Å². The van der Waals surface area contributed by atoms with Gasteiger partial charge in [-0.2, -0.15) is 0 Å². The van der Waals surface area contributed by atoms with Crippen LogP contribution < -0.4 is 5.32 Å². The van der Waals surface area contributed by atoms with E-state index in [1.807, 2.05) is 18.2 Å². The molecule has 1 aliphatic carbocycles. The average molecular weight is 403 g/mol. The van der Waals surface area contributed by atoms with Crippen molar-refractivity contribution in [2.75, 3.05) is 20.2 Å². The van der Waals surface area contributed by atoms with Crippen molar-refractivity contribution in [2.24, 2.45) is 5.92 Å². The number of rotatable bonds is 8. The molecule has 2 aliphatic rings. The molecular formula is C23H34N2O4. The normalized spacial score (nSPS) is 27.0. The summed E-state index contributed by atoms with van der Waals surface area (Å²) in [4.78, 5) is 26.7. The van der Waals surface area contributed by atoms with Gasteiger partial charge >= 0.3 is 0 Å². The summed E-state index contributed by atoms with van der Waals surface area (Å²) in [5, 5.41) is 13.1. The molecule has 29 heavy (non-hydrogen) atoms. The number of nitrogens with zero attached hydrogens (tertiary/aromatic N) is 1. The van der Waals surface area contributed by atoms with Crippen molar-refractivity contribution < 1.29 is 19.4 Å². The van der Waals surface area contributed by atoms with Crippen LogP contribution in [0, 0.1) is 5.92 Å². The van der Waals surface area contributed by atoms with Crippen LogP contribution in [0.1, 0.15) is 50.5 Å². The summed E-state index contributed by atoms with van der Waals surface area (Å²) in [6.07, 6.45) is 5.89. The van der Waals surface area contributed by atoms with Crippen molar-refractivity contribution in [3.8, 4) is 0 Å². The van der Waals surface area contributed by atoms with Crippen molar-refractivity contribution in [3.05, 3.63) is 35.9 Å². The maximum Gasteiger partial charge on any atom is 0.225 e. The Morgan fingerprint density at radius 3 is 2.48 bits per heavy atom. The van der Waals surface area contributed by atoms with Gasteiger partial charge in [-0.05, 0) is 50.5 Å². The van der Waals surface area contributed by atoms with E-state index < -0.39 is 6.10 Å². The molecule has 6 heteroatoms. The molecular weight excluding hydrogens is 368 g/mol. The van der Waals surface area contributed by atoms with Crippen LogP contribution in [0.2, 0.25) is 0 Å². The van der Waals surface area contributed by atoms with Gasteiger partial charge in [0.25, 0.3) is 0 Å². The van der Waals surface area contributed by atoms with E-state index >= 15 is 0 Å². The van der Waals surface area contributed by atoms with E-state index in [1.54, 1.807) is 12.0 Å². The quantitative estimate of drug-likeness (QED) is 0.654. The summed E-state index contributed by atoms with van der Waals surface area (Å²) < 4.78 is 5.23. The number of hydrogen-bond donors (Lipinski definition) is 2. The van der Waals surface area contributed by atoms with Crippen LogP contribution in [-0.4, -0.2) is 60.3 Å². The van der Waals surface area contributed by atoms with Crippen LogP contribution in [0.25, 0.3) is 0 Å². The minimum absolute atomic E-state index is 0.00293. The molecule has 1 aliphatic heterocycles. The lowest BCUT2D eigenvalue weighted by Gasteiger charge is -2.31. The van der Waals surface area contributed by atoms with E-state index in [9.17, 15) is 14.7 Å². The molecule has 1 heterocycles. The minimum atomic E-state index is -0.596. The van der Waals surface area contributed by atoms with Gasteiger partial charge in [-0.3, -0.25) is 9.59 Å². The Kier molecular flexibility index (Phi) is 8.07. The first-order valence-electron chi connectivity index (χ1n) is 10.9. The second-order valence-electron chi connectivity index (χ2n) is 8.39. The lowest BCUT2D eigenvalue weighted by atomic mass is 9.85. The van der Waals surface area contributed by atoms with E-state index in [4.69, 9.17) is 4.74 Å². The molecule has 1 saturated heterocycles. The fourth-order valence-electron chi connectivity index (χ4n) is 4.47. The SMILES string of the molecule is CO[C@H]1CN(C(=O)C2CCC(NC(=O)CCCCc3ccccc3)CC2)C[C@@H]1O. The molecule has 0 aromatic heterocycles. The van der Waals surface area contributed by atoms with Gasteiger partial charge in [0.2, 0.25) is 11.8 Å². The van der Waals surface area contributed by atoms with Gasteiger partial charge in [0.15, 0.2) is 0 Å². The van der Waals surface area contributed by atoms with Crippen molar-refractivity contribution in [3.63, 3.8) is 0 Å². The number of benzene rings is 1. The molecule has 6 nitrogen and oxygen atoms in total. The fourth-order valence-corrected chi connectivity index (χ4v) is 4.47. The first-order valence-corrected chi connectivity index (χ1v) is 10.9. The molecule has 0 radical (unpaired) electrons. The zero-order chi connectivity index (χ0) is 20.6. The zero-order valence-electron chi connectivity index (χ0n) is 17.4. The maximum atomic E-state index is 12.7. The van der Waals surface area contributed by atoms with Gasteiger partial charge in [0.1, 0.15) is 6.10 Å². The molecule has 160 valence electrons. The Hall–Kier alpha value is -1.92. The van der Waals surface area contributed by atoms with Gasteiger partial charge in [-0.1, -0.05) is 30.3 Å².